The van der Waals surface area contributed by atoms with Crippen LogP contribution in [0.2, 0.25) is 19.6 Å². The van der Waals surface area contributed by atoms with E-state index in [4.69, 9.17) is 4.43 Å². The molecule has 0 aromatic carbocycles. The quantitative estimate of drug-likeness (QED) is 0.204. The van der Waals surface area contributed by atoms with Crippen LogP contribution in [0, 0.1) is 0 Å². The Kier molecular flexibility index (Phi) is 13.7. The molecule has 0 radical (unpaired) electrons. The van der Waals surface area contributed by atoms with Gasteiger partial charge < -0.3 is 4.43 Å². The predicted molar refractivity (Wildman–Crippen MR) is 99.7 cm³/mol. The topological polar surface area (TPSA) is 26.3 Å². The number of carbonyl (C=O) groups is 1. The maximum absolute atomic E-state index is 11.6. The number of rotatable bonds is 14. The van der Waals surface area contributed by atoms with Crippen LogP contribution in [-0.4, -0.2) is 14.3 Å². The summed E-state index contributed by atoms with van der Waals surface area (Å²) in [6.45, 7) is 8.43. The van der Waals surface area contributed by atoms with Crippen LogP contribution < -0.4 is 0 Å². The summed E-state index contributed by atoms with van der Waals surface area (Å²) in [6.07, 6.45) is 19.1. The molecule has 0 heterocycles. The van der Waals surface area contributed by atoms with Gasteiger partial charge in [-0.1, -0.05) is 57.6 Å². The van der Waals surface area contributed by atoms with Crippen LogP contribution in [0.1, 0.15) is 84.0 Å². The number of hydrogen-bond acceptors (Lipinski definition) is 2. The van der Waals surface area contributed by atoms with Crippen molar-refractivity contribution in [3.63, 3.8) is 0 Å². The third-order valence-corrected chi connectivity index (χ3v) is 4.40. The molecule has 0 atom stereocenters. The van der Waals surface area contributed by atoms with Crippen molar-refractivity contribution in [2.75, 3.05) is 0 Å². The van der Waals surface area contributed by atoms with Gasteiger partial charge in [0.25, 0.3) is 5.97 Å². The van der Waals surface area contributed by atoms with Crippen LogP contribution in [0.15, 0.2) is 12.2 Å². The molecule has 2 nitrogen and oxygen atoms in total. The average molecular weight is 327 g/mol. The van der Waals surface area contributed by atoms with E-state index in [0.717, 1.165) is 12.8 Å². The highest BCUT2D eigenvalue weighted by Crippen LogP contribution is 2.11. The van der Waals surface area contributed by atoms with Crippen molar-refractivity contribution in [1.82, 2.24) is 0 Å². The minimum atomic E-state index is -1.68. The Morgan fingerprint density at radius 3 is 1.86 bits per heavy atom. The molecule has 0 aliphatic carbocycles. The van der Waals surface area contributed by atoms with Crippen molar-refractivity contribution >= 4 is 14.3 Å². The molecule has 0 aliphatic heterocycles. The van der Waals surface area contributed by atoms with Crippen LogP contribution in [0.4, 0.5) is 0 Å². The summed E-state index contributed by atoms with van der Waals surface area (Å²) < 4.78 is 5.44. The van der Waals surface area contributed by atoms with Crippen molar-refractivity contribution in [3.05, 3.63) is 12.2 Å². The Morgan fingerprint density at radius 2 is 1.32 bits per heavy atom. The molecule has 130 valence electrons. The first kappa shape index (κ1) is 21.4. The van der Waals surface area contributed by atoms with Crippen molar-refractivity contribution < 1.29 is 9.22 Å². The van der Waals surface area contributed by atoms with Gasteiger partial charge in [-0.25, -0.2) is 0 Å². The summed E-state index contributed by atoms with van der Waals surface area (Å²) >= 11 is 0. The van der Waals surface area contributed by atoms with Crippen molar-refractivity contribution in [1.29, 1.82) is 0 Å². The summed E-state index contributed by atoms with van der Waals surface area (Å²) in [5.41, 5.74) is 0. The van der Waals surface area contributed by atoms with Gasteiger partial charge in [0, 0.05) is 6.42 Å². The standard InChI is InChI=1S/C19H38O2Si/c1-5-6-7-8-9-10-11-12-13-14-15-16-17-18-19(20)21-22(2,3)4/h10-11H,5-9,12-18H2,1-4H3/b11-10+. The zero-order chi connectivity index (χ0) is 16.7. The molecule has 0 bridgehead atoms. The van der Waals surface area contributed by atoms with Gasteiger partial charge in [0.15, 0.2) is 0 Å². The Balaban J connectivity index is 3.27. The summed E-state index contributed by atoms with van der Waals surface area (Å²) in [6, 6.07) is 0. The third kappa shape index (κ3) is 17.5. The number of carbonyl (C=O) groups excluding carboxylic acids is 1. The van der Waals surface area contributed by atoms with E-state index < -0.39 is 8.32 Å². The second kappa shape index (κ2) is 14.0. The first-order valence-electron chi connectivity index (χ1n) is 9.32. The summed E-state index contributed by atoms with van der Waals surface area (Å²) in [5.74, 6) is 0.00479. The van der Waals surface area contributed by atoms with E-state index in [-0.39, 0.29) is 5.97 Å². The molecule has 3 heteroatoms. The Morgan fingerprint density at radius 1 is 0.818 bits per heavy atom. The first-order chi connectivity index (χ1) is 10.5. The van der Waals surface area contributed by atoms with E-state index >= 15 is 0 Å². The van der Waals surface area contributed by atoms with E-state index in [2.05, 4.69) is 38.7 Å². The second-order valence-electron chi connectivity index (χ2n) is 7.21. The normalized spacial score (nSPS) is 12.0. The molecular formula is C19H38O2Si. The lowest BCUT2D eigenvalue weighted by molar-refractivity contribution is -0.135. The molecule has 0 aliphatic rings. The predicted octanol–water partition coefficient (Wildman–Crippen LogP) is 6.62. The zero-order valence-electron chi connectivity index (χ0n) is 15.5. The fourth-order valence-corrected chi connectivity index (χ4v) is 3.16. The van der Waals surface area contributed by atoms with Crippen LogP contribution in [0.25, 0.3) is 0 Å². The van der Waals surface area contributed by atoms with Gasteiger partial charge in [0.1, 0.15) is 0 Å². The molecule has 0 spiro atoms. The Labute approximate surface area is 139 Å². The molecule has 0 rings (SSSR count). The van der Waals surface area contributed by atoms with Crippen molar-refractivity contribution in [3.8, 4) is 0 Å². The van der Waals surface area contributed by atoms with Crippen molar-refractivity contribution in [2.45, 2.75) is 104 Å². The van der Waals surface area contributed by atoms with Crippen LogP contribution in [0.3, 0.4) is 0 Å². The maximum Gasteiger partial charge on any atom is 0.292 e. The van der Waals surface area contributed by atoms with Crippen molar-refractivity contribution in [2.24, 2.45) is 0 Å². The summed E-state index contributed by atoms with van der Waals surface area (Å²) in [5, 5.41) is 0. The zero-order valence-corrected chi connectivity index (χ0v) is 16.5. The number of unbranched alkanes of at least 4 members (excludes halogenated alkanes) is 9. The van der Waals surface area contributed by atoms with E-state index in [1.807, 2.05) is 0 Å². The number of hydrogen-bond donors (Lipinski definition) is 0. The lowest BCUT2D eigenvalue weighted by Gasteiger charge is -2.17. The molecule has 0 aromatic heterocycles. The maximum atomic E-state index is 11.6. The Bertz CT molecular complexity index is 292. The van der Waals surface area contributed by atoms with E-state index in [0.29, 0.717) is 6.42 Å². The molecule has 0 fully saturated rings. The van der Waals surface area contributed by atoms with Crippen LogP contribution in [0.5, 0.6) is 0 Å². The van der Waals surface area contributed by atoms with Gasteiger partial charge in [-0.2, -0.15) is 0 Å². The van der Waals surface area contributed by atoms with E-state index in [9.17, 15) is 4.79 Å². The SMILES string of the molecule is CCCCCC/C=C/CCCCCCCC(=O)O[Si](C)(C)C. The molecule has 0 saturated heterocycles. The van der Waals surface area contributed by atoms with Gasteiger partial charge in [0.2, 0.25) is 8.32 Å². The van der Waals surface area contributed by atoms with E-state index in [1.54, 1.807) is 0 Å². The third-order valence-electron chi connectivity index (χ3n) is 3.56. The highest BCUT2D eigenvalue weighted by atomic mass is 28.4. The average Bonchev–Trinajstić information content (AvgIpc) is 2.42. The molecule has 0 unspecified atom stereocenters. The van der Waals surface area contributed by atoms with Gasteiger partial charge in [-0.3, -0.25) is 4.79 Å². The highest BCUT2D eigenvalue weighted by Gasteiger charge is 2.19. The largest absolute Gasteiger partial charge is 0.520 e. The summed E-state index contributed by atoms with van der Waals surface area (Å²) in [4.78, 5) is 11.6. The molecule has 0 aromatic rings. The fourth-order valence-electron chi connectivity index (χ4n) is 2.38. The van der Waals surface area contributed by atoms with Gasteiger partial charge in [0.05, 0.1) is 0 Å². The molecule has 0 N–H and O–H groups in total. The first-order valence-corrected chi connectivity index (χ1v) is 12.7. The Hall–Kier alpha value is -0.573. The molecular weight excluding hydrogens is 288 g/mol. The van der Waals surface area contributed by atoms with Gasteiger partial charge in [-0.15, -0.1) is 0 Å². The second-order valence-corrected chi connectivity index (χ2v) is 11.6. The molecule has 22 heavy (non-hydrogen) atoms. The molecule has 0 amide bonds. The van der Waals surface area contributed by atoms with Gasteiger partial charge in [-0.05, 0) is 51.7 Å². The minimum Gasteiger partial charge on any atom is -0.520 e. The smallest absolute Gasteiger partial charge is 0.292 e. The minimum absolute atomic E-state index is 0.00479. The highest BCUT2D eigenvalue weighted by molar-refractivity contribution is 6.71. The van der Waals surface area contributed by atoms with Crippen LogP contribution >= 0.6 is 0 Å². The van der Waals surface area contributed by atoms with Crippen LogP contribution in [-0.2, 0) is 9.22 Å². The van der Waals surface area contributed by atoms with Gasteiger partial charge >= 0.3 is 0 Å². The van der Waals surface area contributed by atoms with E-state index in [1.165, 1.54) is 57.8 Å². The lowest BCUT2D eigenvalue weighted by atomic mass is 10.1. The lowest BCUT2D eigenvalue weighted by Crippen LogP contribution is -2.28. The number of allylic oxidation sites excluding steroid dienone is 2. The molecule has 0 saturated carbocycles. The monoisotopic (exact) mass is 326 g/mol. The summed E-state index contributed by atoms with van der Waals surface area (Å²) in [7, 11) is -1.68. The fraction of sp³-hybridized carbons (Fsp3) is 0.842.